The van der Waals surface area contributed by atoms with Crippen LogP contribution < -0.4 is 21.1 Å². The fourth-order valence-electron chi connectivity index (χ4n) is 2.67. The first-order valence-electron chi connectivity index (χ1n) is 9.13. The first-order chi connectivity index (χ1) is 13.7. The smallest absolute Gasteiger partial charge is 0.240 e. The Morgan fingerprint density at radius 3 is 2.17 bits per heavy atom. The third kappa shape index (κ3) is 6.03. The van der Waals surface area contributed by atoms with Crippen molar-refractivity contribution in [2.24, 2.45) is 5.14 Å². The molecule has 0 aliphatic carbocycles. The minimum absolute atomic E-state index is 0.199. The number of para-hydroxylation sites is 1. The number of rotatable bonds is 3. The number of fused-ring (bicyclic) bond motifs is 1. The summed E-state index contributed by atoms with van der Waals surface area (Å²) in [6.07, 6.45) is 1.47. The molecule has 29 heavy (non-hydrogen) atoms. The predicted octanol–water partition coefficient (Wildman–Crippen LogP) is 2.99. The number of nitrogens with two attached hydrogens (primary N) is 2. The molecule has 0 fully saturated rings. The second kappa shape index (κ2) is 10.6. The average Bonchev–Trinajstić information content (AvgIpc) is 2.69. The van der Waals surface area contributed by atoms with E-state index in [1.807, 2.05) is 39.1 Å². The Kier molecular flexibility index (Phi) is 8.81. The number of nitrogens with one attached hydrogen (secondary N) is 1. The van der Waals surface area contributed by atoms with Gasteiger partial charge in [0.2, 0.25) is 10.0 Å². The molecule has 1 aromatic heterocycles. The summed E-state index contributed by atoms with van der Waals surface area (Å²) in [6, 6.07) is 11.0. The number of primary sulfonamides is 1. The third-order valence-corrected chi connectivity index (χ3v) is 5.02. The van der Waals surface area contributed by atoms with E-state index in [-0.39, 0.29) is 4.90 Å². The van der Waals surface area contributed by atoms with Gasteiger partial charge < -0.3 is 16.0 Å². The van der Waals surface area contributed by atoms with Gasteiger partial charge in [0.05, 0.1) is 16.9 Å². The van der Waals surface area contributed by atoms with Gasteiger partial charge in [0.1, 0.15) is 17.0 Å². The van der Waals surface area contributed by atoms with Crippen LogP contribution in [0, 0.1) is 6.92 Å². The zero-order chi connectivity index (χ0) is 22.2. The van der Waals surface area contributed by atoms with E-state index < -0.39 is 10.0 Å². The molecule has 0 amide bonds. The molecular weight excluding hydrogens is 388 g/mol. The maximum absolute atomic E-state index is 11.3. The second-order valence-electron chi connectivity index (χ2n) is 6.07. The molecule has 9 heteroatoms. The molecule has 1 heterocycles. The molecule has 3 rings (SSSR count). The summed E-state index contributed by atoms with van der Waals surface area (Å²) in [5.74, 6) is 0.516. The maximum Gasteiger partial charge on any atom is 0.240 e. The van der Waals surface area contributed by atoms with Crippen LogP contribution in [-0.4, -0.2) is 39.5 Å². The molecule has 0 aliphatic rings. The van der Waals surface area contributed by atoms with Crippen molar-refractivity contribution in [2.75, 3.05) is 37.1 Å². The van der Waals surface area contributed by atoms with Gasteiger partial charge in [-0.2, -0.15) is 0 Å². The van der Waals surface area contributed by atoms with Gasteiger partial charge in [-0.1, -0.05) is 32.0 Å². The van der Waals surface area contributed by atoms with E-state index in [2.05, 4.69) is 15.3 Å². The van der Waals surface area contributed by atoms with Crippen molar-refractivity contribution in [3.63, 3.8) is 0 Å². The fourth-order valence-corrected chi connectivity index (χ4v) is 3.73. The maximum atomic E-state index is 11.3. The van der Waals surface area contributed by atoms with E-state index >= 15 is 0 Å². The first-order valence-corrected chi connectivity index (χ1v) is 10.7. The van der Waals surface area contributed by atoms with Crippen LogP contribution in [0.4, 0.5) is 17.2 Å². The minimum atomic E-state index is -3.65. The molecule has 0 atom stereocenters. The van der Waals surface area contributed by atoms with Gasteiger partial charge in [0.15, 0.2) is 0 Å². The zero-order valence-electron chi connectivity index (χ0n) is 17.8. The number of aromatic nitrogens is 2. The fraction of sp³-hybridized carbons (Fsp3) is 0.300. The summed E-state index contributed by atoms with van der Waals surface area (Å²) in [5.41, 5.74) is 8.81. The normalized spacial score (nSPS) is 10.3. The van der Waals surface area contributed by atoms with Crippen LogP contribution in [0.5, 0.6) is 0 Å². The summed E-state index contributed by atoms with van der Waals surface area (Å²) in [6.45, 7) is 5.73. The van der Waals surface area contributed by atoms with Crippen LogP contribution in [0.2, 0.25) is 0 Å². The lowest BCUT2D eigenvalue weighted by Crippen LogP contribution is -2.19. The van der Waals surface area contributed by atoms with Crippen LogP contribution >= 0.6 is 0 Å². The van der Waals surface area contributed by atoms with Crippen molar-refractivity contribution in [3.05, 3.63) is 48.3 Å². The van der Waals surface area contributed by atoms with Gasteiger partial charge in [0.25, 0.3) is 0 Å². The lowest BCUT2D eigenvalue weighted by Gasteiger charge is -2.17. The van der Waals surface area contributed by atoms with Gasteiger partial charge in [-0.3, -0.25) is 0 Å². The van der Waals surface area contributed by atoms with E-state index in [1.165, 1.54) is 6.33 Å². The van der Waals surface area contributed by atoms with E-state index in [0.29, 0.717) is 17.1 Å². The molecule has 5 N–H and O–H groups in total. The molecular formula is C20H30N6O2S. The quantitative estimate of drug-likeness (QED) is 0.596. The van der Waals surface area contributed by atoms with Crippen LogP contribution in [-0.2, 0) is 10.0 Å². The van der Waals surface area contributed by atoms with Crippen molar-refractivity contribution < 1.29 is 8.42 Å². The number of hydrogen-bond donors (Lipinski definition) is 3. The standard InChI is InChI=1S/C9H10N4.C9H14N2O2S.C2H6/c1-11-7-4-2-3-6-8(7)12-5-13-9(6)10;1-7-5-4-6-8(11(2)3)9(7)14(10,12)13;1-2/h2-5,11H,1H3,(H2,10,12,13);4-6H,1-3H3,(H2,10,12,13);1-2H3. The highest BCUT2D eigenvalue weighted by atomic mass is 32.2. The van der Waals surface area contributed by atoms with Gasteiger partial charge in [-0.05, 0) is 30.7 Å². The molecule has 0 bridgehead atoms. The van der Waals surface area contributed by atoms with Crippen molar-refractivity contribution in [1.29, 1.82) is 0 Å². The second-order valence-corrected chi connectivity index (χ2v) is 7.57. The van der Waals surface area contributed by atoms with E-state index in [4.69, 9.17) is 10.9 Å². The Balaban J connectivity index is 0.000000268. The Morgan fingerprint density at radius 2 is 1.66 bits per heavy atom. The number of benzene rings is 2. The number of nitrogen functional groups attached to an aromatic ring is 1. The van der Waals surface area contributed by atoms with Crippen molar-refractivity contribution in [3.8, 4) is 0 Å². The molecule has 0 unspecified atom stereocenters. The van der Waals surface area contributed by atoms with Crippen molar-refractivity contribution in [2.45, 2.75) is 25.7 Å². The number of nitrogens with zero attached hydrogens (tertiary/aromatic N) is 3. The summed E-state index contributed by atoms with van der Waals surface area (Å²) in [7, 11) is 1.77. The zero-order valence-corrected chi connectivity index (χ0v) is 18.6. The topological polar surface area (TPSA) is 127 Å². The highest BCUT2D eigenvalue weighted by Crippen LogP contribution is 2.25. The van der Waals surface area contributed by atoms with Crippen molar-refractivity contribution in [1.82, 2.24) is 9.97 Å². The molecule has 8 nitrogen and oxygen atoms in total. The van der Waals surface area contributed by atoms with Crippen LogP contribution in [0.15, 0.2) is 47.6 Å². The van der Waals surface area contributed by atoms with Gasteiger partial charge in [0, 0.05) is 26.5 Å². The summed E-state index contributed by atoms with van der Waals surface area (Å²) >= 11 is 0. The summed E-state index contributed by atoms with van der Waals surface area (Å²) < 4.78 is 22.7. The number of hydrogen-bond acceptors (Lipinski definition) is 7. The minimum Gasteiger partial charge on any atom is -0.386 e. The van der Waals surface area contributed by atoms with Crippen LogP contribution in [0.1, 0.15) is 19.4 Å². The number of aryl methyl sites for hydroxylation is 1. The molecule has 2 aromatic carbocycles. The highest BCUT2D eigenvalue weighted by molar-refractivity contribution is 7.89. The third-order valence-electron chi connectivity index (χ3n) is 3.92. The van der Waals surface area contributed by atoms with Gasteiger partial charge in [-0.15, -0.1) is 0 Å². The largest absolute Gasteiger partial charge is 0.386 e. The monoisotopic (exact) mass is 418 g/mol. The van der Waals surface area contributed by atoms with Crippen LogP contribution in [0.3, 0.4) is 0 Å². The summed E-state index contributed by atoms with van der Waals surface area (Å²) in [4.78, 5) is 10.0. The predicted molar refractivity (Wildman–Crippen MR) is 122 cm³/mol. The Hall–Kier alpha value is -2.91. The molecule has 0 aliphatic heterocycles. The Bertz CT molecular complexity index is 1050. The molecule has 3 aromatic rings. The lowest BCUT2D eigenvalue weighted by molar-refractivity contribution is 0.597. The lowest BCUT2D eigenvalue weighted by atomic mass is 10.2. The number of sulfonamides is 1. The SMILES string of the molecule is CC.CNc1cccc2c(N)ncnc12.Cc1cccc(N(C)C)c1S(N)(=O)=O. The van der Waals surface area contributed by atoms with E-state index in [9.17, 15) is 8.42 Å². The molecule has 0 spiro atoms. The van der Waals surface area contributed by atoms with E-state index in [1.54, 1.807) is 44.1 Å². The van der Waals surface area contributed by atoms with Gasteiger partial charge >= 0.3 is 0 Å². The highest BCUT2D eigenvalue weighted by Gasteiger charge is 2.17. The first kappa shape index (κ1) is 24.1. The number of anilines is 3. The average molecular weight is 419 g/mol. The van der Waals surface area contributed by atoms with Crippen LogP contribution in [0.25, 0.3) is 10.9 Å². The molecule has 0 saturated carbocycles. The molecule has 0 saturated heterocycles. The van der Waals surface area contributed by atoms with E-state index in [0.717, 1.165) is 16.6 Å². The van der Waals surface area contributed by atoms with Crippen molar-refractivity contribution >= 4 is 38.1 Å². The molecule has 0 radical (unpaired) electrons. The molecule has 158 valence electrons. The van der Waals surface area contributed by atoms with Gasteiger partial charge in [-0.25, -0.2) is 23.5 Å². The Morgan fingerprint density at radius 1 is 1.03 bits per heavy atom. The summed E-state index contributed by atoms with van der Waals surface area (Å²) in [5, 5.41) is 9.08. The Labute approximate surface area is 173 Å².